The summed E-state index contributed by atoms with van der Waals surface area (Å²) in [5.41, 5.74) is 0.823. The summed E-state index contributed by atoms with van der Waals surface area (Å²) in [5.74, 6) is -0.699. The maximum absolute atomic E-state index is 12.9. The number of alkyl carbamates (subject to hydrolysis) is 1. The second-order valence-electron chi connectivity index (χ2n) is 9.59. The number of hydrogen-bond acceptors (Lipinski definition) is 6. The van der Waals surface area contributed by atoms with Crippen molar-refractivity contribution in [1.29, 1.82) is 0 Å². The van der Waals surface area contributed by atoms with E-state index in [1.54, 1.807) is 23.1 Å². The fourth-order valence-corrected chi connectivity index (χ4v) is 5.26. The van der Waals surface area contributed by atoms with Crippen LogP contribution in [-0.4, -0.2) is 56.4 Å². The number of ether oxygens (including phenoxy) is 1. The fraction of sp³-hybridized carbons (Fsp3) is 0.393. The van der Waals surface area contributed by atoms with E-state index < -0.39 is 27.9 Å². The first-order valence-corrected chi connectivity index (χ1v) is 14.2. The quantitative estimate of drug-likeness (QED) is 0.450. The van der Waals surface area contributed by atoms with Crippen LogP contribution >= 0.6 is 0 Å². The highest BCUT2D eigenvalue weighted by atomic mass is 32.2. The van der Waals surface area contributed by atoms with Crippen molar-refractivity contribution in [2.24, 2.45) is 5.92 Å². The van der Waals surface area contributed by atoms with Crippen molar-refractivity contribution in [3.05, 3.63) is 77.7 Å². The zero-order chi connectivity index (χ0) is 27.5. The number of hydrogen-bond donors (Lipinski definition) is 2. The van der Waals surface area contributed by atoms with E-state index in [1.807, 2.05) is 44.2 Å². The molecule has 1 aliphatic heterocycles. The van der Waals surface area contributed by atoms with E-state index in [-0.39, 0.29) is 35.9 Å². The molecule has 0 aliphatic carbocycles. The van der Waals surface area contributed by atoms with Crippen LogP contribution in [0.4, 0.5) is 4.79 Å². The molecule has 0 radical (unpaired) electrons. The Balaban J connectivity index is 1.54. The first kappa shape index (κ1) is 28.9. The Morgan fingerprint density at radius 2 is 1.71 bits per heavy atom. The van der Waals surface area contributed by atoms with Gasteiger partial charge in [-0.05, 0) is 42.9 Å². The summed E-state index contributed by atoms with van der Waals surface area (Å²) in [7, 11) is -3.62. The predicted molar refractivity (Wildman–Crippen MR) is 144 cm³/mol. The smallest absolute Gasteiger partial charge is 0.408 e. The van der Waals surface area contributed by atoms with E-state index in [4.69, 9.17) is 4.74 Å². The molecule has 1 aliphatic rings. The fourth-order valence-electron chi connectivity index (χ4n) is 4.18. The van der Waals surface area contributed by atoms with Gasteiger partial charge in [-0.3, -0.25) is 9.59 Å². The van der Waals surface area contributed by atoms with Crippen LogP contribution in [-0.2, 0) is 30.8 Å². The third-order valence-corrected chi connectivity index (χ3v) is 7.56. The van der Waals surface area contributed by atoms with Gasteiger partial charge in [-0.1, -0.05) is 68.5 Å². The van der Waals surface area contributed by atoms with Gasteiger partial charge in [0.1, 0.15) is 12.6 Å². The standard InChI is InChI=1S/C28H35N3O6S/c1-21(2)18-25(30-28(34)37-20-22-10-5-3-6-11-22)27(33)29-19-26(32)31-16-9-12-23(31)15-17-38(35,36)24-13-7-4-8-14-24/h3-8,10-11,13-15,17,21,23,25H,9,12,16,18-20H2,1-2H3,(H,29,33)(H,30,34)/b17-15-/t23-,25-/m0/s1. The number of sulfone groups is 1. The van der Waals surface area contributed by atoms with Gasteiger partial charge < -0.3 is 20.3 Å². The molecule has 0 aromatic heterocycles. The summed E-state index contributed by atoms with van der Waals surface area (Å²) >= 11 is 0. The second-order valence-corrected chi connectivity index (χ2v) is 11.4. The van der Waals surface area contributed by atoms with Gasteiger partial charge in [0.2, 0.25) is 11.8 Å². The maximum Gasteiger partial charge on any atom is 0.408 e. The van der Waals surface area contributed by atoms with Crippen molar-refractivity contribution in [3.63, 3.8) is 0 Å². The van der Waals surface area contributed by atoms with Gasteiger partial charge in [0.15, 0.2) is 9.84 Å². The van der Waals surface area contributed by atoms with Crippen molar-refractivity contribution >= 4 is 27.7 Å². The number of amides is 3. The molecular formula is C28H35N3O6S. The van der Waals surface area contributed by atoms with Crippen LogP contribution in [0.2, 0.25) is 0 Å². The summed E-state index contributed by atoms with van der Waals surface area (Å²) in [4.78, 5) is 39.8. The molecule has 2 N–H and O–H groups in total. The van der Waals surface area contributed by atoms with Gasteiger partial charge in [-0.2, -0.15) is 0 Å². The van der Waals surface area contributed by atoms with Crippen LogP contribution in [0.25, 0.3) is 0 Å². The zero-order valence-electron chi connectivity index (χ0n) is 21.7. The normalized spacial score (nSPS) is 16.4. The molecule has 3 amide bonds. The lowest BCUT2D eigenvalue weighted by Gasteiger charge is -2.24. The highest BCUT2D eigenvalue weighted by Crippen LogP contribution is 2.20. The predicted octanol–water partition coefficient (Wildman–Crippen LogP) is 3.42. The number of carbonyl (C=O) groups excluding carboxylic acids is 3. The molecule has 2 aromatic carbocycles. The third kappa shape index (κ3) is 8.72. The van der Waals surface area contributed by atoms with E-state index >= 15 is 0 Å². The number of rotatable bonds is 11. The van der Waals surface area contributed by atoms with Gasteiger partial charge in [-0.15, -0.1) is 0 Å². The van der Waals surface area contributed by atoms with Gasteiger partial charge >= 0.3 is 6.09 Å². The van der Waals surface area contributed by atoms with Gasteiger partial charge in [0.25, 0.3) is 0 Å². The van der Waals surface area contributed by atoms with Crippen molar-refractivity contribution in [3.8, 4) is 0 Å². The van der Waals surface area contributed by atoms with Crippen LogP contribution in [0, 0.1) is 5.92 Å². The van der Waals surface area contributed by atoms with E-state index in [9.17, 15) is 22.8 Å². The number of nitrogens with one attached hydrogen (secondary N) is 2. The van der Waals surface area contributed by atoms with Crippen LogP contribution in [0.3, 0.4) is 0 Å². The van der Waals surface area contributed by atoms with Gasteiger partial charge in [0.05, 0.1) is 17.5 Å². The summed E-state index contributed by atoms with van der Waals surface area (Å²) in [5, 5.41) is 6.36. The van der Waals surface area contributed by atoms with Gasteiger partial charge in [0, 0.05) is 12.0 Å². The topological polar surface area (TPSA) is 122 Å². The molecule has 2 aromatic rings. The second kappa shape index (κ2) is 13.8. The molecule has 1 fully saturated rings. The van der Waals surface area contributed by atoms with Crippen molar-refractivity contribution in [2.45, 2.75) is 56.7 Å². The average molecular weight is 542 g/mol. The first-order valence-electron chi connectivity index (χ1n) is 12.7. The molecule has 10 heteroatoms. The summed E-state index contributed by atoms with van der Waals surface area (Å²) in [6, 6.07) is 16.0. The van der Waals surface area contributed by atoms with Crippen LogP contribution in [0.5, 0.6) is 0 Å². The number of carbonyl (C=O) groups is 3. The minimum atomic E-state index is -3.62. The molecule has 0 spiro atoms. The van der Waals surface area contributed by atoms with Crippen molar-refractivity contribution < 1.29 is 27.5 Å². The molecule has 1 saturated heterocycles. The lowest BCUT2D eigenvalue weighted by atomic mass is 10.0. The summed E-state index contributed by atoms with van der Waals surface area (Å²) in [6.07, 6.45) is 2.54. The lowest BCUT2D eigenvalue weighted by molar-refractivity contribution is -0.133. The SMILES string of the molecule is CC(C)C[C@H](NC(=O)OCc1ccccc1)C(=O)NCC(=O)N1CCC[C@H]1/C=C\S(=O)(=O)c1ccccc1. The molecular weight excluding hydrogens is 506 g/mol. The molecule has 0 unspecified atom stereocenters. The van der Waals surface area contributed by atoms with Crippen molar-refractivity contribution in [2.75, 3.05) is 13.1 Å². The Labute approximate surface area is 224 Å². The monoisotopic (exact) mass is 541 g/mol. The van der Waals surface area contributed by atoms with Gasteiger partial charge in [-0.25, -0.2) is 13.2 Å². The summed E-state index contributed by atoms with van der Waals surface area (Å²) < 4.78 is 30.4. The zero-order valence-corrected chi connectivity index (χ0v) is 22.5. The molecule has 1 heterocycles. The molecule has 0 bridgehead atoms. The number of benzene rings is 2. The van der Waals surface area contributed by atoms with E-state index in [1.165, 1.54) is 18.2 Å². The Morgan fingerprint density at radius 3 is 2.37 bits per heavy atom. The van der Waals surface area contributed by atoms with Crippen molar-refractivity contribution in [1.82, 2.24) is 15.5 Å². The molecule has 3 rings (SSSR count). The highest BCUT2D eigenvalue weighted by molar-refractivity contribution is 7.94. The maximum atomic E-state index is 12.9. The Morgan fingerprint density at radius 1 is 1.05 bits per heavy atom. The minimum absolute atomic E-state index is 0.0744. The average Bonchev–Trinajstić information content (AvgIpc) is 3.39. The molecule has 0 saturated carbocycles. The Bertz CT molecular complexity index is 1220. The van der Waals surface area contributed by atoms with E-state index in [2.05, 4.69) is 10.6 Å². The van der Waals surface area contributed by atoms with Crippen LogP contribution < -0.4 is 10.6 Å². The lowest BCUT2D eigenvalue weighted by Crippen LogP contribution is -2.50. The molecule has 9 nitrogen and oxygen atoms in total. The largest absolute Gasteiger partial charge is 0.445 e. The van der Waals surface area contributed by atoms with Crippen LogP contribution in [0.1, 0.15) is 38.7 Å². The first-order chi connectivity index (χ1) is 18.2. The Hall–Kier alpha value is -3.66. The number of likely N-dealkylation sites (tertiary alicyclic amines) is 1. The molecule has 204 valence electrons. The minimum Gasteiger partial charge on any atom is -0.445 e. The van der Waals surface area contributed by atoms with E-state index in [0.29, 0.717) is 19.4 Å². The third-order valence-electron chi connectivity index (χ3n) is 6.11. The van der Waals surface area contributed by atoms with Crippen LogP contribution in [0.15, 0.2) is 77.0 Å². The number of nitrogens with zero attached hydrogens (tertiary/aromatic N) is 1. The Kier molecular flexibility index (Phi) is 10.5. The summed E-state index contributed by atoms with van der Waals surface area (Å²) in [6.45, 7) is 4.13. The molecule has 2 atom stereocenters. The molecule has 38 heavy (non-hydrogen) atoms. The van der Waals surface area contributed by atoms with E-state index in [0.717, 1.165) is 17.4 Å². The highest BCUT2D eigenvalue weighted by Gasteiger charge is 2.29.